The number of likely N-dealkylation sites (N-methyl/N-ethyl adjacent to an activating group) is 1. The maximum atomic E-state index is 12.0. The van der Waals surface area contributed by atoms with E-state index in [2.05, 4.69) is 10.0 Å². The third kappa shape index (κ3) is 4.17. The molecule has 20 heavy (non-hydrogen) atoms. The van der Waals surface area contributed by atoms with Gasteiger partial charge in [-0.05, 0) is 6.54 Å². The summed E-state index contributed by atoms with van der Waals surface area (Å²) in [5.41, 5.74) is -1.41. The van der Waals surface area contributed by atoms with Gasteiger partial charge >= 0.3 is 5.69 Å². The summed E-state index contributed by atoms with van der Waals surface area (Å²) in [6.45, 7) is 3.25. The Hall–Kier alpha value is -1.16. The van der Waals surface area contributed by atoms with E-state index in [1.54, 1.807) is 0 Å². The van der Waals surface area contributed by atoms with Crippen molar-refractivity contribution in [1.29, 1.82) is 0 Å². The van der Waals surface area contributed by atoms with Crippen molar-refractivity contribution in [2.45, 2.75) is 11.8 Å². The van der Waals surface area contributed by atoms with Gasteiger partial charge < -0.3 is 9.88 Å². The SMILES string of the molecule is CCNCCNS(=O)(=O)c1cn(C)c(=O)n(C)c1=O.Cl. The molecule has 1 heterocycles. The zero-order valence-electron chi connectivity index (χ0n) is 11.5. The van der Waals surface area contributed by atoms with Crippen molar-refractivity contribution in [2.24, 2.45) is 14.1 Å². The number of aromatic nitrogens is 2. The minimum absolute atomic E-state index is 0. The second-order valence-corrected chi connectivity index (χ2v) is 5.74. The average molecular weight is 327 g/mol. The van der Waals surface area contributed by atoms with E-state index >= 15 is 0 Å². The van der Waals surface area contributed by atoms with Crippen LogP contribution in [0.5, 0.6) is 0 Å². The minimum Gasteiger partial charge on any atom is -0.316 e. The van der Waals surface area contributed by atoms with Gasteiger partial charge in [-0.15, -0.1) is 12.4 Å². The van der Waals surface area contributed by atoms with Crippen LogP contribution in [0, 0.1) is 0 Å². The van der Waals surface area contributed by atoms with Crippen LogP contribution in [-0.2, 0) is 24.1 Å². The number of nitrogens with one attached hydrogen (secondary N) is 2. The quantitative estimate of drug-likeness (QED) is 0.613. The van der Waals surface area contributed by atoms with Crippen LogP contribution in [0.3, 0.4) is 0 Å². The lowest BCUT2D eigenvalue weighted by Crippen LogP contribution is -2.42. The zero-order valence-corrected chi connectivity index (χ0v) is 13.2. The first-order valence-corrected chi connectivity index (χ1v) is 7.26. The molecule has 0 spiro atoms. The number of hydrogen-bond donors (Lipinski definition) is 2. The summed E-state index contributed by atoms with van der Waals surface area (Å²) in [6.07, 6.45) is 1.03. The summed E-state index contributed by atoms with van der Waals surface area (Å²) in [4.78, 5) is 22.8. The molecule has 0 fully saturated rings. The Labute approximate surface area is 123 Å². The molecule has 0 unspecified atom stereocenters. The average Bonchev–Trinajstić information content (AvgIpc) is 2.36. The number of rotatable bonds is 6. The van der Waals surface area contributed by atoms with E-state index in [-0.39, 0.29) is 19.0 Å². The van der Waals surface area contributed by atoms with Gasteiger partial charge in [0.2, 0.25) is 10.0 Å². The van der Waals surface area contributed by atoms with Gasteiger partial charge in [0.15, 0.2) is 4.90 Å². The molecule has 0 bridgehead atoms. The lowest BCUT2D eigenvalue weighted by molar-refractivity contribution is 0.567. The highest BCUT2D eigenvalue weighted by molar-refractivity contribution is 7.89. The van der Waals surface area contributed by atoms with Crippen LogP contribution in [0.25, 0.3) is 0 Å². The monoisotopic (exact) mass is 326 g/mol. The first-order valence-electron chi connectivity index (χ1n) is 5.78. The number of halogens is 1. The third-order valence-corrected chi connectivity index (χ3v) is 3.99. The van der Waals surface area contributed by atoms with Crippen molar-refractivity contribution >= 4 is 22.4 Å². The van der Waals surface area contributed by atoms with Gasteiger partial charge in [-0.2, -0.15) is 0 Å². The normalized spacial score (nSPS) is 11.2. The highest BCUT2D eigenvalue weighted by Crippen LogP contribution is 1.98. The molecule has 1 rings (SSSR count). The van der Waals surface area contributed by atoms with Gasteiger partial charge in [-0.3, -0.25) is 9.36 Å². The van der Waals surface area contributed by atoms with Crippen molar-refractivity contribution in [3.8, 4) is 0 Å². The second kappa shape index (κ2) is 7.58. The number of sulfonamides is 1. The molecule has 0 aliphatic carbocycles. The summed E-state index contributed by atoms with van der Waals surface area (Å²) in [6, 6.07) is 0. The molecule has 10 heteroatoms. The van der Waals surface area contributed by atoms with Crippen molar-refractivity contribution in [2.75, 3.05) is 19.6 Å². The van der Waals surface area contributed by atoms with Crippen molar-refractivity contribution in [3.05, 3.63) is 27.0 Å². The standard InChI is InChI=1S/C10H18N4O4S.ClH/c1-4-11-5-6-12-19(17,18)8-7-13(2)10(16)14(3)9(8)15;/h7,11-12H,4-6H2,1-3H3;1H. The molecule has 1 aromatic rings. The predicted octanol–water partition coefficient (Wildman–Crippen LogP) is -1.61. The molecule has 116 valence electrons. The largest absolute Gasteiger partial charge is 0.330 e. The summed E-state index contributed by atoms with van der Waals surface area (Å²) >= 11 is 0. The summed E-state index contributed by atoms with van der Waals surface area (Å²) < 4.78 is 28.1. The topological polar surface area (TPSA) is 102 Å². The molecule has 0 atom stereocenters. The molecule has 0 saturated carbocycles. The van der Waals surface area contributed by atoms with Crippen molar-refractivity contribution in [1.82, 2.24) is 19.2 Å². The number of aryl methyl sites for hydroxylation is 1. The Kier molecular flexibility index (Phi) is 7.14. The van der Waals surface area contributed by atoms with Crippen LogP contribution in [0.1, 0.15) is 6.92 Å². The number of nitrogens with zero attached hydrogens (tertiary/aromatic N) is 2. The molecule has 0 aromatic carbocycles. The molecular weight excluding hydrogens is 308 g/mol. The van der Waals surface area contributed by atoms with Crippen LogP contribution >= 0.6 is 12.4 Å². The summed E-state index contributed by atoms with van der Waals surface area (Å²) in [5.74, 6) is 0. The third-order valence-electron chi connectivity index (χ3n) is 2.55. The lowest BCUT2D eigenvalue weighted by atomic mass is 10.6. The zero-order chi connectivity index (χ0) is 14.6. The van der Waals surface area contributed by atoms with E-state index in [1.807, 2.05) is 6.92 Å². The maximum absolute atomic E-state index is 12.0. The van der Waals surface area contributed by atoms with E-state index < -0.39 is 26.2 Å². The Morgan fingerprint density at radius 2 is 1.80 bits per heavy atom. The molecule has 0 aliphatic heterocycles. The maximum Gasteiger partial charge on any atom is 0.330 e. The van der Waals surface area contributed by atoms with Gasteiger partial charge in [0.25, 0.3) is 5.56 Å². The molecule has 0 radical (unpaired) electrons. The van der Waals surface area contributed by atoms with Gasteiger partial charge in [-0.25, -0.2) is 17.9 Å². The fourth-order valence-corrected chi connectivity index (χ4v) is 2.68. The van der Waals surface area contributed by atoms with Gasteiger partial charge in [0.1, 0.15) is 0 Å². The smallest absolute Gasteiger partial charge is 0.316 e. The van der Waals surface area contributed by atoms with E-state index in [9.17, 15) is 18.0 Å². The van der Waals surface area contributed by atoms with Crippen LogP contribution in [0.4, 0.5) is 0 Å². The molecule has 2 N–H and O–H groups in total. The van der Waals surface area contributed by atoms with Crippen LogP contribution in [-0.4, -0.2) is 37.2 Å². The molecule has 0 saturated heterocycles. The lowest BCUT2D eigenvalue weighted by Gasteiger charge is -2.09. The Morgan fingerprint density at radius 1 is 1.20 bits per heavy atom. The predicted molar refractivity (Wildman–Crippen MR) is 77.9 cm³/mol. The first-order chi connectivity index (χ1) is 8.81. The van der Waals surface area contributed by atoms with E-state index in [0.29, 0.717) is 6.54 Å². The Bertz CT molecular complexity index is 665. The van der Waals surface area contributed by atoms with Crippen molar-refractivity contribution in [3.63, 3.8) is 0 Å². The molecule has 0 amide bonds. The van der Waals surface area contributed by atoms with E-state index in [0.717, 1.165) is 21.9 Å². The minimum atomic E-state index is -3.92. The highest BCUT2D eigenvalue weighted by atomic mass is 35.5. The molecule has 8 nitrogen and oxygen atoms in total. The summed E-state index contributed by atoms with van der Waals surface area (Å²) in [7, 11) is -1.29. The van der Waals surface area contributed by atoms with Gasteiger partial charge in [0, 0.05) is 33.4 Å². The fourth-order valence-electron chi connectivity index (χ4n) is 1.49. The van der Waals surface area contributed by atoms with E-state index in [1.165, 1.54) is 14.1 Å². The summed E-state index contributed by atoms with van der Waals surface area (Å²) in [5, 5.41) is 2.95. The van der Waals surface area contributed by atoms with Gasteiger partial charge in [0.05, 0.1) is 0 Å². The fraction of sp³-hybridized carbons (Fsp3) is 0.600. The van der Waals surface area contributed by atoms with E-state index in [4.69, 9.17) is 0 Å². The second-order valence-electron chi connectivity index (χ2n) is 4.00. The van der Waals surface area contributed by atoms with Crippen LogP contribution < -0.4 is 21.3 Å². The Morgan fingerprint density at radius 3 is 2.35 bits per heavy atom. The van der Waals surface area contributed by atoms with Gasteiger partial charge in [-0.1, -0.05) is 6.92 Å². The first kappa shape index (κ1) is 18.8. The molecular formula is C10H19ClN4O4S. The molecule has 1 aromatic heterocycles. The number of hydrogen-bond acceptors (Lipinski definition) is 5. The van der Waals surface area contributed by atoms with Crippen molar-refractivity contribution < 1.29 is 8.42 Å². The van der Waals surface area contributed by atoms with Crippen LogP contribution in [0.2, 0.25) is 0 Å². The molecule has 0 aliphatic rings. The highest BCUT2D eigenvalue weighted by Gasteiger charge is 2.20. The van der Waals surface area contributed by atoms with Crippen LogP contribution in [0.15, 0.2) is 20.7 Å². The Balaban J connectivity index is 0.00000361.